The van der Waals surface area contributed by atoms with E-state index < -0.39 is 0 Å². The van der Waals surface area contributed by atoms with Crippen LogP contribution in [0, 0.1) is 17.8 Å². The van der Waals surface area contributed by atoms with Crippen molar-refractivity contribution in [2.45, 2.75) is 25.7 Å². The number of fused-ring (bicyclic) bond motifs is 1. The monoisotopic (exact) mass is 288 g/mol. The van der Waals surface area contributed by atoms with Gasteiger partial charge in [0.15, 0.2) is 11.5 Å². The summed E-state index contributed by atoms with van der Waals surface area (Å²) in [4.78, 5) is 12.0. The van der Waals surface area contributed by atoms with E-state index in [1.807, 2.05) is 0 Å². The number of phenolic OH excluding ortho intramolecular Hbond substituents is 1. The third kappa shape index (κ3) is 2.86. The molecule has 1 aromatic carbocycles. The Bertz CT molecular complexity index is 559. The summed E-state index contributed by atoms with van der Waals surface area (Å²) in [6.45, 7) is 0. The van der Waals surface area contributed by atoms with Gasteiger partial charge in [-0.2, -0.15) is 5.10 Å². The molecule has 0 aromatic heterocycles. The molecule has 0 radical (unpaired) electrons. The van der Waals surface area contributed by atoms with Crippen molar-refractivity contribution in [3.8, 4) is 11.5 Å². The average Bonchev–Trinajstić information content (AvgIpc) is 3.22. The third-order valence-electron chi connectivity index (χ3n) is 4.55. The van der Waals surface area contributed by atoms with Crippen LogP contribution in [0.25, 0.3) is 0 Å². The van der Waals surface area contributed by atoms with Crippen LogP contribution < -0.4 is 10.2 Å². The molecule has 2 N–H and O–H groups in total. The second-order valence-corrected chi connectivity index (χ2v) is 5.80. The molecule has 2 aliphatic carbocycles. The molecule has 0 bridgehead atoms. The number of rotatable bonds is 4. The van der Waals surface area contributed by atoms with Gasteiger partial charge in [0, 0.05) is 5.92 Å². The molecule has 2 aliphatic rings. The lowest BCUT2D eigenvalue weighted by Gasteiger charge is -2.04. The van der Waals surface area contributed by atoms with Crippen molar-refractivity contribution < 1.29 is 14.6 Å². The molecule has 0 spiro atoms. The molecule has 0 aliphatic heterocycles. The molecular formula is C16H20N2O3. The first kappa shape index (κ1) is 13.9. The van der Waals surface area contributed by atoms with Crippen molar-refractivity contribution in [1.82, 2.24) is 5.43 Å². The third-order valence-corrected chi connectivity index (χ3v) is 4.55. The van der Waals surface area contributed by atoms with E-state index in [0.29, 0.717) is 23.1 Å². The molecule has 1 aromatic rings. The summed E-state index contributed by atoms with van der Waals surface area (Å²) < 4.78 is 4.97. The van der Waals surface area contributed by atoms with Crippen LogP contribution in [0.15, 0.2) is 23.3 Å². The van der Waals surface area contributed by atoms with E-state index in [-0.39, 0.29) is 17.6 Å². The van der Waals surface area contributed by atoms with Crippen molar-refractivity contribution in [2.75, 3.05) is 7.11 Å². The highest BCUT2D eigenvalue weighted by Gasteiger charge is 2.54. The summed E-state index contributed by atoms with van der Waals surface area (Å²) in [6, 6.07) is 4.98. The zero-order chi connectivity index (χ0) is 14.8. The molecule has 1 amide bonds. The van der Waals surface area contributed by atoms with E-state index in [2.05, 4.69) is 10.5 Å². The molecule has 21 heavy (non-hydrogen) atoms. The normalized spacial score (nSPS) is 27.2. The predicted octanol–water partition coefficient (Wildman–Crippen LogP) is 2.29. The van der Waals surface area contributed by atoms with Crippen LogP contribution in [0.5, 0.6) is 11.5 Å². The van der Waals surface area contributed by atoms with Gasteiger partial charge < -0.3 is 9.84 Å². The summed E-state index contributed by atoms with van der Waals surface area (Å²) in [5.41, 5.74) is 3.33. The number of aromatic hydroxyl groups is 1. The number of benzene rings is 1. The summed E-state index contributed by atoms with van der Waals surface area (Å²) in [7, 11) is 1.50. The van der Waals surface area contributed by atoms with Gasteiger partial charge in [0.05, 0.1) is 13.3 Å². The van der Waals surface area contributed by atoms with Crippen molar-refractivity contribution in [2.24, 2.45) is 22.9 Å². The van der Waals surface area contributed by atoms with Gasteiger partial charge in [-0.05, 0) is 48.4 Å². The molecule has 5 nitrogen and oxygen atoms in total. The molecule has 3 atom stereocenters. The van der Waals surface area contributed by atoms with Crippen LogP contribution in [-0.4, -0.2) is 24.3 Å². The second kappa shape index (κ2) is 5.76. The number of hydrazone groups is 1. The van der Waals surface area contributed by atoms with Crippen LogP contribution >= 0.6 is 0 Å². The number of nitrogens with one attached hydrogen (secondary N) is 1. The minimum absolute atomic E-state index is 0.0286. The Morgan fingerprint density at radius 1 is 1.38 bits per heavy atom. The summed E-state index contributed by atoms with van der Waals surface area (Å²) >= 11 is 0. The lowest BCUT2D eigenvalue weighted by Crippen LogP contribution is -2.20. The highest BCUT2D eigenvalue weighted by molar-refractivity contribution is 5.85. The molecule has 2 saturated carbocycles. The quantitative estimate of drug-likeness (QED) is 0.659. The van der Waals surface area contributed by atoms with Crippen molar-refractivity contribution in [3.63, 3.8) is 0 Å². The van der Waals surface area contributed by atoms with E-state index in [1.165, 1.54) is 39.0 Å². The van der Waals surface area contributed by atoms with Crippen LogP contribution in [0.1, 0.15) is 31.2 Å². The van der Waals surface area contributed by atoms with Gasteiger partial charge in [0.25, 0.3) is 0 Å². The Kier molecular flexibility index (Phi) is 3.82. The SMILES string of the molecule is COc1ccc(/C=N\NC(=O)C2[C@H]3CCCC[C@@H]23)cc1O. The van der Waals surface area contributed by atoms with E-state index in [9.17, 15) is 9.90 Å². The van der Waals surface area contributed by atoms with Gasteiger partial charge in [-0.15, -0.1) is 0 Å². The van der Waals surface area contributed by atoms with Crippen molar-refractivity contribution >= 4 is 12.1 Å². The molecule has 112 valence electrons. The first-order valence-corrected chi connectivity index (χ1v) is 7.40. The van der Waals surface area contributed by atoms with Gasteiger partial charge in [-0.25, -0.2) is 5.43 Å². The number of nitrogens with zero attached hydrogens (tertiary/aromatic N) is 1. The molecule has 5 heteroatoms. The Labute approximate surface area is 124 Å². The number of hydrogen-bond acceptors (Lipinski definition) is 4. The Morgan fingerprint density at radius 2 is 2.10 bits per heavy atom. The lowest BCUT2D eigenvalue weighted by atomic mass is 10.0. The van der Waals surface area contributed by atoms with E-state index in [0.717, 1.165) is 0 Å². The van der Waals surface area contributed by atoms with Gasteiger partial charge >= 0.3 is 0 Å². The predicted molar refractivity (Wildman–Crippen MR) is 79.3 cm³/mol. The van der Waals surface area contributed by atoms with Crippen LogP contribution in [0.2, 0.25) is 0 Å². The number of ether oxygens (including phenoxy) is 1. The highest BCUT2D eigenvalue weighted by atomic mass is 16.5. The Hall–Kier alpha value is -2.04. The van der Waals surface area contributed by atoms with E-state index in [4.69, 9.17) is 4.74 Å². The molecule has 0 saturated heterocycles. The number of carbonyl (C=O) groups is 1. The summed E-state index contributed by atoms with van der Waals surface area (Å²) in [5.74, 6) is 1.83. The molecule has 2 fully saturated rings. The van der Waals surface area contributed by atoms with Crippen molar-refractivity contribution in [3.05, 3.63) is 23.8 Å². The van der Waals surface area contributed by atoms with E-state index >= 15 is 0 Å². The largest absolute Gasteiger partial charge is 0.504 e. The van der Waals surface area contributed by atoms with Crippen LogP contribution in [0.4, 0.5) is 0 Å². The molecule has 3 rings (SSSR count). The topological polar surface area (TPSA) is 70.9 Å². The zero-order valence-electron chi connectivity index (χ0n) is 12.1. The van der Waals surface area contributed by atoms with Gasteiger partial charge in [0.2, 0.25) is 5.91 Å². The maximum Gasteiger partial charge on any atom is 0.243 e. The standard InChI is InChI=1S/C16H20N2O3/c1-21-14-7-6-10(8-13(14)19)9-17-18-16(20)15-11-4-2-3-5-12(11)15/h6-9,11-12,15,19H,2-5H2,1H3,(H,18,20)/b17-9-/t11-,12+,15?. The fourth-order valence-electron chi connectivity index (χ4n) is 3.41. The van der Waals surface area contributed by atoms with Gasteiger partial charge in [-0.3, -0.25) is 4.79 Å². The average molecular weight is 288 g/mol. The fourth-order valence-corrected chi connectivity index (χ4v) is 3.41. The van der Waals surface area contributed by atoms with E-state index in [1.54, 1.807) is 18.2 Å². The number of amides is 1. The zero-order valence-corrected chi connectivity index (χ0v) is 12.1. The Morgan fingerprint density at radius 3 is 2.71 bits per heavy atom. The van der Waals surface area contributed by atoms with Gasteiger partial charge in [-0.1, -0.05) is 12.8 Å². The second-order valence-electron chi connectivity index (χ2n) is 5.80. The van der Waals surface area contributed by atoms with Crippen molar-refractivity contribution in [1.29, 1.82) is 0 Å². The minimum Gasteiger partial charge on any atom is -0.504 e. The van der Waals surface area contributed by atoms with Crippen LogP contribution in [-0.2, 0) is 4.79 Å². The minimum atomic E-state index is 0.0286. The molecule has 1 unspecified atom stereocenters. The summed E-state index contributed by atoms with van der Waals surface area (Å²) in [6.07, 6.45) is 6.39. The van der Waals surface area contributed by atoms with Gasteiger partial charge in [0.1, 0.15) is 0 Å². The lowest BCUT2D eigenvalue weighted by molar-refractivity contribution is -0.122. The Balaban J connectivity index is 1.55. The highest BCUT2D eigenvalue weighted by Crippen LogP contribution is 2.55. The fraction of sp³-hybridized carbons (Fsp3) is 0.500. The first-order chi connectivity index (χ1) is 10.2. The smallest absolute Gasteiger partial charge is 0.243 e. The number of hydrogen-bond donors (Lipinski definition) is 2. The van der Waals surface area contributed by atoms with Crippen LogP contribution in [0.3, 0.4) is 0 Å². The first-order valence-electron chi connectivity index (χ1n) is 7.40. The molecular weight excluding hydrogens is 268 g/mol. The maximum absolute atomic E-state index is 12.0. The molecule has 0 heterocycles. The number of methoxy groups -OCH3 is 1. The number of carbonyl (C=O) groups excluding carboxylic acids is 1. The summed E-state index contributed by atoms with van der Waals surface area (Å²) in [5, 5.41) is 13.6. The number of phenols is 1. The maximum atomic E-state index is 12.0.